The smallest absolute Gasteiger partial charge is 0.339 e. The first kappa shape index (κ1) is 15.7. The summed E-state index contributed by atoms with van der Waals surface area (Å²) in [5.41, 5.74) is 3.14. The number of thiophene rings is 1. The molecule has 23 heavy (non-hydrogen) atoms. The Morgan fingerprint density at radius 1 is 1.26 bits per heavy atom. The zero-order valence-electron chi connectivity index (χ0n) is 13.8. The molecule has 3 heterocycles. The predicted molar refractivity (Wildman–Crippen MR) is 89.9 cm³/mol. The summed E-state index contributed by atoms with van der Waals surface area (Å²) in [6, 6.07) is 3.83. The number of rotatable bonds is 3. The molecule has 0 amide bonds. The second kappa shape index (κ2) is 5.77. The van der Waals surface area contributed by atoms with E-state index in [2.05, 4.69) is 16.2 Å². The predicted octanol–water partition coefficient (Wildman–Crippen LogP) is 4.44. The first-order valence-corrected chi connectivity index (χ1v) is 8.24. The number of carbonyl (C=O) groups is 1. The summed E-state index contributed by atoms with van der Waals surface area (Å²) in [6.45, 7) is 9.52. The maximum atomic E-state index is 12.5. The molecule has 120 valence electrons. The van der Waals surface area contributed by atoms with Gasteiger partial charge in [-0.05, 0) is 46.8 Å². The van der Waals surface area contributed by atoms with Gasteiger partial charge in [0.2, 0.25) is 0 Å². The van der Waals surface area contributed by atoms with Crippen LogP contribution in [0.5, 0.6) is 0 Å². The van der Waals surface area contributed by atoms with Crippen molar-refractivity contribution < 1.29 is 14.1 Å². The van der Waals surface area contributed by atoms with Crippen LogP contribution >= 0.6 is 11.3 Å². The molecule has 0 aliphatic carbocycles. The van der Waals surface area contributed by atoms with Gasteiger partial charge in [0.25, 0.3) is 5.71 Å². The van der Waals surface area contributed by atoms with Gasteiger partial charge in [-0.2, -0.15) is 0 Å². The van der Waals surface area contributed by atoms with Crippen LogP contribution < -0.4 is 0 Å². The number of pyridine rings is 1. The highest BCUT2D eigenvalue weighted by Gasteiger charge is 2.22. The monoisotopic (exact) mass is 330 g/mol. The summed E-state index contributed by atoms with van der Waals surface area (Å²) >= 11 is 1.70. The molecule has 3 rings (SSSR count). The van der Waals surface area contributed by atoms with Gasteiger partial charge in [0.15, 0.2) is 0 Å². The van der Waals surface area contributed by atoms with Gasteiger partial charge in [-0.15, -0.1) is 11.3 Å². The zero-order chi connectivity index (χ0) is 16.7. The van der Waals surface area contributed by atoms with Gasteiger partial charge in [-0.3, -0.25) is 0 Å². The molecule has 0 aromatic carbocycles. The van der Waals surface area contributed by atoms with Gasteiger partial charge in [0, 0.05) is 15.3 Å². The first-order chi connectivity index (χ1) is 10.9. The molecule has 0 spiro atoms. The number of hydrogen-bond acceptors (Lipinski definition) is 6. The fraction of sp³-hybridized carbons (Fsp3) is 0.353. The van der Waals surface area contributed by atoms with Gasteiger partial charge >= 0.3 is 5.97 Å². The van der Waals surface area contributed by atoms with E-state index in [0.29, 0.717) is 28.1 Å². The summed E-state index contributed by atoms with van der Waals surface area (Å²) in [6.07, 6.45) is -0.195. The van der Waals surface area contributed by atoms with E-state index < -0.39 is 0 Å². The molecular weight excluding hydrogens is 312 g/mol. The Hall–Kier alpha value is -2.21. The number of esters is 1. The molecule has 6 heteroatoms. The van der Waals surface area contributed by atoms with Crippen LogP contribution in [0, 0.1) is 20.8 Å². The lowest BCUT2D eigenvalue weighted by molar-refractivity contribution is 0.0380. The lowest BCUT2D eigenvalue weighted by Crippen LogP contribution is -2.12. The van der Waals surface area contributed by atoms with Crippen LogP contribution in [0.2, 0.25) is 0 Å². The minimum Gasteiger partial charge on any atom is -0.459 e. The number of nitrogens with zero attached hydrogens (tertiary/aromatic N) is 2. The molecule has 0 atom stereocenters. The van der Waals surface area contributed by atoms with Crippen LogP contribution in [-0.2, 0) is 4.74 Å². The van der Waals surface area contributed by atoms with Crippen molar-refractivity contribution in [3.63, 3.8) is 0 Å². The van der Waals surface area contributed by atoms with E-state index in [1.807, 2.05) is 27.7 Å². The minimum atomic E-state index is -0.385. The molecule has 0 unspecified atom stereocenters. The van der Waals surface area contributed by atoms with Crippen molar-refractivity contribution in [2.75, 3.05) is 0 Å². The molecule has 0 radical (unpaired) electrons. The molecule has 0 bridgehead atoms. The van der Waals surface area contributed by atoms with Gasteiger partial charge in [0.05, 0.1) is 28.4 Å². The lowest BCUT2D eigenvalue weighted by atomic mass is 10.1. The molecule has 0 aliphatic heterocycles. The molecule has 3 aromatic heterocycles. The van der Waals surface area contributed by atoms with Crippen LogP contribution in [-0.4, -0.2) is 22.2 Å². The van der Waals surface area contributed by atoms with Crippen molar-refractivity contribution in [2.45, 2.75) is 40.7 Å². The van der Waals surface area contributed by atoms with E-state index in [4.69, 9.17) is 9.26 Å². The summed E-state index contributed by atoms with van der Waals surface area (Å²) < 4.78 is 10.6. The Bertz CT molecular complexity index is 893. The molecular formula is C17H18N2O3S. The van der Waals surface area contributed by atoms with Crippen LogP contribution in [0.1, 0.15) is 39.7 Å². The third kappa shape index (κ3) is 2.86. The third-order valence-electron chi connectivity index (χ3n) is 3.50. The molecule has 5 nitrogen and oxygen atoms in total. The highest BCUT2D eigenvalue weighted by molar-refractivity contribution is 7.12. The van der Waals surface area contributed by atoms with Crippen molar-refractivity contribution in [1.29, 1.82) is 0 Å². The normalized spacial score (nSPS) is 11.4. The van der Waals surface area contributed by atoms with E-state index in [9.17, 15) is 4.79 Å². The topological polar surface area (TPSA) is 65.2 Å². The van der Waals surface area contributed by atoms with Crippen molar-refractivity contribution in [2.24, 2.45) is 0 Å². The molecule has 0 aliphatic rings. The summed E-state index contributed by atoms with van der Waals surface area (Å²) in [7, 11) is 0. The summed E-state index contributed by atoms with van der Waals surface area (Å²) in [4.78, 5) is 19.3. The van der Waals surface area contributed by atoms with Gasteiger partial charge in [-0.25, -0.2) is 9.78 Å². The number of aromatic nitrogens is 2. The summed E-state index contributed by atoms with van der Waals surface area (Å²) in [5, 5.41) is 4.55. The highest BCUT2D eigenvalue weighted by Crippen LogP contribution is 2.33. The highest BCUT2D eigenvalue weighted by atomic mass is 32.1. The Morgan fingerprint density at radius 2 is 2.00 bits per heavy atom. The maximum Gasteiger partial charge on any atom is 0.339 e. The van der Waals surface area contributed by atoms with Gasteiger partial charge in [0.1, 0.15) is 0 Å². The fourth-order valence-corrected chi connectivity index (χ4v) is 3.49. The van der Waals surface area contributed by atoms with E-state index in [1.54, 1.807) is 24.3 Å². The average Bonchev–Trinajstić information content (AvgIpc) is 3.00. The van der Waals surface area contributed by atoms with Crippen LogP contribution in [0.3, 0.4) is 0 Å². The number of fused-ring (bicyclic) bond motifs is 1. The van der Waals surface area contributed by atoms with E-state index in [-0.39, 0.29) is 12.1 Å². The molecule has 0 fully saturated rings. The number of ether oxygens (including phenoxy) is 1. The SMILES string of the molecule is Cc1cc(-c2cc(C(=O)OC(C)C)c3c(C)noc3n2)c(C)s1. The van der Waals surface area contributed by atoms with Crippen LogP contribution in [0.25, 0.3) is 22.4 Å². The lowest BCUT2D eigenvalue weighted by Gasteiger charge is -2.09. The fourth-order valence-electron chi connectivity index (χ4n) is 2.56. The molecule has 0 saturated heterocycles. The van der Waals surface area contributed by atoms with E-state index in [1.165, 1.54) is 4.88 Å². The second-order valence-electron chi connectivity index (χ2n) is 5.78. The zero-order valence-corrected chi connectivity index (χ0v) is 14.6. The Kier molecular flexibility index (Phi) is 3.93. The van der Waals surface area contributed by atoms with E-state index >= 15 is 0 Å². The minimum absolute atomic E-state index is 0.195. The Labute approximate surface area is 138 Å². The number of hydrogen-bond donors (Lipinski definition) is 0. The van der Waals surface area contributed by atoms with E-state index in [0.717, 1.165) is 10.4 Å². The standard InChI is InChI=1S/C17H18N2O3S/c1-8(2)21-17(20)13-7-14(12-6-9(3)23-11(12)5)18-16-15(13)10(4)19-22-16/h6-8H,1-5H3. The van der Waals surface area contributed by atoms with Crippen LogP contribution in [0.4, 0.5) is 0 Å². The molecule has 0 N–H and O–H groups in total. The largest absolute Gasteiger partial charge is 0.459 e. The molecule has 3 aromatic rings. The quantitative estimate of drug-likeness (QED) is 0.664. The Morgan fingerprint density at radius 3 is 2.61 bits per heavy atom. The average molecular weight is 330 g/mol. The first-order valence-electron chi connectivity index (χ1n) is 7.42. The number of aryl methyl sites for hydroxylation is 3. The second-order valence-corrected chi connectivity index (χ2v) is 7.24. The summed E-state index contributed by atoms with van der Waals surface area (Å²) in [5.74, 6) is -0.385. The van der Waals surface area contributed by atoms with Crippen LogP contribution in [0.15, 0.2) is 16.7 Å². The van der Waals surface area contributed by atoms with Crippen molar-refractivity contribution in [1.82, 2.24) is 10.1 Å². The number of carbonyl (C=O) groups excluding carboxylic acids is 1. The van der Waals surface area contributed by atoms with Gasteiger partial charge in [-0.1, -0.05) is 5.16 Å². The molecule has 0 saturated carbocycles. The van der Waals surface area contributed by atoms with Crippen molar-refractivity contribution >= 4 is 28.4 Å². The van der Waals surface area contributed by atoms with Gasteiger partial charge < -0.3 is 9.26 Å². The van der Waals surface area contributed by atoms with Crippen molar-refractivity contribution in [3.05, 3.63) is 33.1 Å². The Balaban J connectivity index is 2.22. The maximum absolute atomic E-state index is 12.5. The third-order valence-corrected chi connectivity index (χ3v) is 4.46. The van der Waals surface area contributed by atoms with Crippen molar-refractivity contribution in [3.8, 4) is 11.3 Å².